The van der Waals surface area contributed by atoms with Gasteiger partial charge in [0.1, 0.15) is 5.15 Å². The number of aryl methyl sites for hydroxylation is 3. The highest BCUT2D eigenvalue weighted by atomic mass is 35.5. The van der Waals surface area contributed by atoms with E-state index >= 15 is 0 Å². The minimum absolute atomic E-state index is 0.136. The highest BCUT2D eigenvalue weighted by Crippen LogP contribution is 2.22. The fourth-order valence-electron chi connectivity index (χ4n) is 2.96. The van der Waals surface area contributed by atoms with Gasteiger partial charge in [-0.3, -0.25) is 14.5 Å². The number of halogens is 1. The van der Waals surface area contributed by atoms with Crippen molar-refractivity contribution >= 4 is 34.9 Å². The minimum atomic E-state index is -0.136. The molecule has 0 saturated carbocycles. The summed E-state index contributed by atoms with van der Waals surface area (Å²) in [6.07, 6.45) is 10.6. The van der Waals surface area contributed by atoms with Crippen LogP contribution in [-0.2, 0) is 17.8 Å². The van der Waals surface area contributed by atoms with Crippen molar-refractivity contribution in [3.05, 3.63) is 57.4 Å². The molecule has 3 heterocycles. The molecule has 3 aromatic rings. The van der Waals surface area contributed by atoms with Gasteiger partial charge in [-0.25, -0.2) is 4.98 Å². The summed E-state index contributed by atoms with van der Waals surface area (Å²) in [6, 6.07) is 3.90. The number of hydrogen-bond donors (Lipinski definition) is 1. The lowest BCUT2D eigenvalue weighted by atomic mass is 10.2. The van der Waals surface area contributed by atoms with Crippen LogP contribution in [-0.4, -0.2) is 32.2 Å². The summed E-state index contributed by atoms with van der Waals surface area (Å²) in [7, 11) is 0. The van der Waals surface area contributed by atoms with E-state index in [1.165, 1.54) is 6.08 Å². The fourth-order valence-corrected chi connectivity index (χ4v) is 4.13. The molecule has 0 aliphatic rings. The molecular formula is C22H26ClN5OS. The van der Waals surface area contributed by atoms with Crippen molar-refractivity contribution < 1.29 is 4.79 Å². The molecule has 0 atom stereocenters. The summed E-state index contributed by atoms with van der Waals surface area (Å²) in [4.78, 5) is 20.8. The highest BCUT2D eigenvalue weighted by Gasteiger charge is 2.11. The zero-order chi connectivity index (χ0) is 21.3. The number of carbonyl (C=O) groups is 1. The molecular weight excluding hydrogens is 418 g/mol. The topological polar surface area (TPSA) is 72.7 Å². The monoisotopic (exact) mass is 443 g/mol. The molecule has 1 amide bonds. The van der Waals surface area contributed by atoms with Gasteiger partial charge in [0.25, 0.3) is 0 Å². The van der Waals surface area contributed by atoms with E-state index in [2.05, 4.69) is 32.7 Å². The zero-order valence-electron chi connectivity index (χ0n) is 17.3. The van der Waals surface area contributed by atoms with Crippen LogP contribution in [0.2, 0.25) is 5.15 Å². The Morgan fingerprint density at radius 1 is 1.30 bits per heavy atom. The summed E-state index contributed by atoms with van der Waals surface area (Å²) >= 11 is 8.04. The third-order valence-electron chi connectivity index (χ3n) is 4.63. The predicted octanol–water partition coefficient (Wildman–Crippen LogP) is 4.93. The van der Waals surface area contributed by atoms with E-state index in [0.29, 0.717) is 11.7 Å². The smallest absolute Gasteiger partial charge is 0.244 e. The van der Waals surface area contributed by atoms with Crippen LogP contribution in [0.3, 0.4) is 0 Å². The zero-order valence-corrected chi connectivity index (χ0v) is 18.8. The van der Waals surface area contributed by atoms with Crippen LogP contribution >= 0.6 is 22.9 Å². The molecule has 0 unspecified atom stereocenters. The van der Waals surface area contributed by atoms with Crippen molar-refractivity contribution in [1.29, 1.82) is 0 Å². The molecule has 8 heteroatoms. The van der Waals surface area contributed by atoms with Crippen LogP contribution in [0.4, 0.5) is 0 Å². The van der Waals surface area contributed by atoms with Crippen molar-refractivity contribution in [3.8, 4) is 11.3 Å². The Bertz CT molecular complexity index is 996. The maximum atomic E-state index is 12.1. The first-order valence-corrected chi connectivity index (χ1v) is 11.4. The fraction of sp³-hybridized carbons (Fsp3) is 0.364. The number of nitrogens with one attached hydrogen (secondary N) is 1. The number of unbranched alkanes of at least 4 members (excludes halogenated alkanes) is 1. The second-order valence-corrected chi connectivity index (χ2v) is 8.26. The van der Waals surface area contributed by atoms with Crippen LogP contribution in [0.5, 0.6) is 0 Å². The molecule has 3 rings (SSSR count). The van der Waals surface area contributed by atoms with Gasteiger partial charge in [0.2, 0.25) is 5.91 Å². The minimum Gasteiger partial charge on any atom is -0.353 e. The first-order valence-electron chi connectivity index (χ1n) is 10.1. The van der Waals surface area contributed by atoms with E-state index in [9.17, 15) is 4.79 Å². The van der Waals surface area contributed by atoms with Crippen molar-refractivity contribution in [2.45, 2.75) is 46.1 Å². The van der Waals surface area contributed by atoms with Crippen LogP contribution in [0, 0.1) is 6.92 Å². The van der Waals surface area contributed by atoms with Gasteiger partial charge < -0.3 is 5.32 Å². The number of thiazole rings is 1. The average molecular weight is 444 g/mol. The molecule has 6 nitrogen and oxygen atoms in total. The molecule has 1 N–H and O–H groups in total. The third kappa shape index (κ3) is 6.00. The van der Waals surface area contributed by atoms with Gasteiger partial charge in [-0.05, 0) is 38.0 Å². The molecule has 0 radical (unpaired) electrons. The molecule has 0 aliphatic heterocycles. The van der Waals surface area contributed by atoms with Crippen molar-refractivity contribution in [2.24, 2.45) is 0 Å². The largest absolute Gasteiger partial charge is 0.353 e. The molecule has 0 saturated heterocycles. The predicted molar refractivity (Wildman–Crippen MR) is 123 cm³/mol. The lowest BCUT2D eigenvalue weighted by molar-refractivity contribution is -0.116. The second-order valence-electron chi connectivity index (χ2n) is 6.96. The Kier molecular flexibility index (Phi) is 8.16. The van der Waals surface area contributed by atoms with Gasteiger partial charge in [-0.1, -0.05) is 24.9 Å². The second kappa shape index (κ2) is 11.0. The molecule has 158 valence electrons. The number of carbonyl (C=O) groups excluding carboxylic acids is 1. The number of nitrogens with zero attached hydrogens (tertiary/aromatic N) is 4. The quantitative estimate of drug-likeness (QED) is 0.356. The van der Waals surface area contributed by atoms with Gasteiger partial charge in [0.15, 0.2) is 0 Å². The summed E-state index contributed by atoms with van der Waals surface area (Å²) in [5.74, 6) is -0.136. The molecule has 0 aromatic carbocycles. The lowest BCUT2D eigenvalue weighted by Crippen LogP contribution is -2.22. The van der Waals surface area contributed by atoms with Gasteiger partial charge in [-0.15, -0.1) is 11.3 Å². The van der Waals surface area contributed by atoms with Crippen molar-refractivity contribution in [2.75, 3.05) is 6.54 Å². The Hall–Kier alpha value is -2.51. The number of amides is 1. The van der Waals surface area contributed by atoms with E-state index in [4.69, 9.17) is 11.6 Å². The third-order valence-corrected chi connectivity index (χ3v) is 5.94. The number of rotatable bonds is 10. The lowest BCUT2D eigenvalue weighted by Gasteiger charge is -2.01. The van der Waals surface area contributed by atoms with Crippen LogP contribution in [0.15, 0.2) is 36.0 Å². The van der Waals surface area contributed by atoms with Gasteiger partial charge >= 0.3 is 0 Å². The summed E-state index contributed by atoms with van der Waals surface area (Å²) in [5, 5.41) is 11.1. The van der Waals surface area contributed by atoms with E-state index in [0.717, 1.165) is 59.8 Å². The first kappa shape index (κ1) is 22.2. The highest BCUT2D eigenvalue weighted by molar-refractivity contribution is 7.09. The van der Waals surface area contributed by atoms with Crippen LogP contribution < -0.4 is 5.32 Å². The Labute approximate surface area is 186 Å². The number of hydrogen-bond acceptors (Lipinski definition) is 5. The van der Waals surface area contributed by atoms with Gasteiger partial charge in [-0.2, -0.15) is 5.10 Å². The SMILES string of the molecule is CCCCn1nc(C)c(C=CC(=O)NCCCc2nc(-c3ccncc3)cs2)c1Cl. The maximum Gasteiger partial charge on any atom is 0.244 e. The Morgan fingerprint density at radius 2 is 2.10 bits per heavy atom. The van der Waals surface area contributed by atoms with Crippen molar-refractivity contribution in [3.63, 3.8) is 0 Å². The summed E-state index contributed by atoms with van der Waals surface area (Å²) < 4.78 is 1.80. The molecule has 30 heavy (non-hydrogen) atoms. The molecule has 0 bridgehead atoms. The number of aromatic nitrogens is 4. The summed E-state index contributed by atoms with van der Waals surface area (Å²) in [5.41, 5.74) is 3.66. The van der Waals surface area contributed by atoms with E-state index < -0.39 is 0 Å². The molecule has 0 aliphatic carbocycles. The number of pyridine rings is 1. The summed E-state index contributed by atoms with van der Waals surface area (Å²) in [6.45, 7) is 5.41. The maximum absolute atomic E-state index is 12.1. The normalized spacial score (nSPS) is 11.3. The standard InChI is InChI=1S/C22H26ClN5OS/c1-3-4-14-28-22(23)18(16(2)27-28)7-8-20(29)25-11-5-6-21-26-19(15-30-21)17-9-12-24-13-10-17/h7-10,12-13,15H,3-6,11,14H2,1-2H3,(H,25,29). The van der Waals surface area contributed by atoms with E-state index in [-0.39, 0.29) is 5.91 Å². The van der Waals surface area contributed by atoms with Gasteiger partial charge in [0.05, 0.1) is 16.4 Å². The first-order chi connectivity index (χ1) is 14.6. The van der Waals surface area contributed by atoms with Crippen molar-refractivity contribution in [1.82, 2.24) is 25.1 Å². The van der Waals surface area contributed by atoms with Gasteiger partial charge in [0, 0.05) is 54.5 Å². The molecule has 3 aromatic heterocycles. The molecule has 0 fully saturated rings. The average Bonchev–Trinajstić information content (AvgIpc) is 3.33. The molecule has 0 spiro atoms. The Morgan fingerprint density at radius 3 is 2.87 bits per heavy atom. The van der Waals surface area contributed by atoms with Crippen LogP contribution in [0.1, 0.15) is 42.5 Å². The Balaban J connectivity index is 1.44. The van der Waals surface area contributed by atoms with Crippen LogP contribution in [0.25, 0.3) is 17.3 Å². The van der Waals surface area contributed by atoms with E-state index in [1.807, 2.05) is 19.1 Å². The van der Waals surface area contributed by atoms with E-state index in [1.54, 1.807) is 34.5 Å².